The largest absolute Gasteiger partial charge is 0.494 e. The highest BCUT2D eigenvalue weighted by Crippen LogP contribution is 2.27. The van der Waals surface area contributed by atoms with Crippen LogP contribution in [0.4, 0.5) is 0 Å². The zero-order valence-electron chi connectivity index (χ0n) is 16.7. The maximum Gasteiger partial charge on any atom is 0.144 e. The van der Waals surface area contributed by atoms with Crippen LogP contribution in [0.3, 0.4) is 0 Å². The summed E-state index contributed by atoms with van der Waals surface area (Å²) in [6.07, 6.45) is 6.29. The normalized spacial score (nSPS) is 16.2. The standard InChI is InChI=1S/C23H27N3O2.ClH/c1-28-22-10-6-5-9-21(22)26-18-20(16-24-26)17-25-13-11-23(27,12-14-25)15-19-7-3-2-4-8-19;/h2-10,16,18,27H,11-15,17H2,1H3;1H. The van der Waals surface area contributed by atoms with Crippen molar-refractivity contribution in [2.75, 3.05) is 20.2 Å². The van der Waals surface area contributed by atoms with Gasteiger partial charge in [0.1, 0.15) is 11.4 Å². The summed E-state index contributed by atoms with van der Waals surface area (Å²) in [7, 11) is 1.67. The Hall–Kier alpha value is -2.34. The Balaban J connectivity index is 0.00000240. The molecule has 4 rings (SSSR count). The molecule has 0 bridgehead atoms. The molecule has 0 radical (unpaired) electrons. The van der Waals surface area contributed by atoms with Crippen LogP contribution in [0.25, 0.3) is 5.69 Å². The van der Waals surface area contributed by atoms with Crippen LogP contribution in [-0.2, 0) is 13.0 Å². The summed E-state index contributed by atoms with van der Waals surface area (Å²) in [6.45, 7) is 2.63. The van der Waals surface area contributed by atoms with Gasteiger partial charge >= 0.3 is 0 Å². The molecule has 1 saturated heterocycles. The first-order valence-electron chi connectivity index (χ1n) is 9.81. The first-order chi connectivity index (χ1) is 13.6. The summed E-state index contributed by atoms with van der Waals surface area (Å²) in [5, 5.41) is 15.5. The monoisotopic (exact) mass is 413 g/mol. The Bertz CT molecular complexity index is 905. The highest BCUT2D eigenvalue weighted by Gasteiger charge is 2.32. The number of rotatable bonds is 6. The minimum Gasteiger partial charge on any atom is -0.494 e. The van der Waals surface area contributed by atoms with Gasteiger partial charge in [-0.25, -0.2) is 4.68 Å². The summed E-state index contributed by atoms with van der Waals surface area (Å²) in [5.41, 5.74) is 2.71. The van der Waals surface area contributed by atoms with Gasteiger partial charge in [0.05, 0.1) is 18.9 Å². The molecule has 2 heterocycles. The zero-order chi connectivity index (χ0) is 19.4. The van der Waals surface area contributed by atoms with Gasteiger partial charge < -0.3 is 9.84 Å². The third-order valence-electron chi connectivity index (χ3n) is 5.54. The van der Waals surface area contributed by atoms with Gasteiger partial charge in [-0.2, -0.15) is 5.10 Å². The summed E-state index contributed by atoms with van der Waals surface area (Å²) in [6, 6.07) is 18.2. The number of hydrogen-bond acceptors (Lipinski definition) is 4. The summed E-state index contributed by atoms with van der Waals surface area (Å²) in [4.78, 5) is 2.39. The predicted molar refractivity (Wildman–Crippen MR) is 117 cm³/mol. The van der Waals surface area contributed by atoms with Crippen LogP contribution >= 0.6 is 12.4 Å². The molecule has 0 amide bonds. The average molecular weight is 414 g/mol. The lowest BCUT2D eigenvalue weighted by Crippen LogP contribution is -2.45. The van der Waals surface area contributed by atoms with Gasteiger partial charge in [-0.05, 0) is 30.5 Å². The summed E-state index contributed by atoms with van der Waals surface area (Å²) >= 11 is 0. The van der Waals surface area contributed by atoms with E-state index in [1.165, 1.54) is 11.1 Å². The summed E-state index contributed by atoms with van der Waals surface area (Å²) < 4.78 is 7.30. The van der Waals surface area contributed by atoms with Crippen molar-refractivity contribution in [3.8, 4) is 11.4 Å². The molecule has 29 heavy (non-hydrogen) atoms. The lowest BCUT2D eigenvalue weighted by Gasteiger charge is -2.38. The molecule has 2 aromatic carbocycles. The van der Waals surface area contributed by atoms with E-state index >= 15 is 0 Å². The average Bonchev–Trinajstić information content (AvgIpc) is 3.19. The Morgan fingerprint density at radius 1 is 1.00 bits per heavy atom. The van der Waals surface area contributed by atoms with E-state index in [1.807, 2.05) is 53.3 Å². The molecule has 0 atom stereocenters. The van der Waals surface area contributed by atoms with E-state index in [0.29, 0.717) is 0 Å². The second-order valence-corrected chi connectivity index (χ2v) is 7.63. The first-order valence-corrected chi connectivity index (χ1v) is 9.81. The van der Waals surface area contributed by atoms with Crippen molar-refractivity contribution >= 4 is 12.4 Å². The van der Waals surface area contributed by atoms with E-state index in [9.17, 15) is 5.11 Å². The second-order valence-electron chi connectivity index (χ2n) is 7.63. The van der Waals surface area contributed by atoms with Gasteiger partial charge in [-0.1, -0.05) is 42.5 Å². The van der Waals surface area contributed by atoms with Crippen molar-refractivity contribution in [2.45, 2.75) is 31.4 Å². The first kappa shape index (κ1) is 21.4. The minimum atomic E-state index is -0.598. The van der Waals surface area contributed by atoms with Crippen molar-refractivity contribution in [3.05, 3.63) is 78.1 Å². The number of methoxy groups -OCH3 is 1. The van der Waals surface area contributed by atoms with E-state index in [2.05, 4.69) is 28.3 Å². The number of hydrogen-bond donors (Lipinski definition) is 1. The third-order valence-corrected chi connectivity index (χ3v) is 5.54. The number of aromatic nitrogens is 2. The highest BCUT2D eigenvalue weighted by atomic mass is 35.5. The minimum absolute atomic E-state index is 0. The van der Waals surface area contributed by atoms with Crippen molar-refractivity contribution in [3.63, 3.8) is 0 Å². The maximum absolute atomic E-state index is 11.0. The van der Waals surface area contributed by atoms with Crippen LogP contribution < -0.4 is 4.74 Å². The molecule has 0 aliphatic carbocycles. The van der Waals surface area contributed by atoms with Gasteiger partial charge in [0.2, 0.25) is 0 Å². The van der Waals surface area contributed by atoms with Crippen LogP contribution in [-0.4, -0.2) is 45.6 Å². The second kappa shape index (κ2) is 9.44. The van der Waals surface area contributed by atoms with Crippen LogP contribution in [0.15, 0.2) is 67.0 Å². The Kier molecular flexibility index (Phi) is 6.96. The van der Waals surface area contributed by atoms with E-state index in [1.54, 1.807) is 7.11 Å². The number of para-hydroxylation sites is 2. The molecular formula is C23H28ClN3O2. The number of aliphatic hydroxyl groups is 1. The fraction of sp³-hybridized carbons (Fsp3) is 0.348. The molecule has 3 aromatic rings. The van der Waals surface area contributed by atoms with Gasteiger partial charge in [-0.15, -0.1) is 12.4 Å². The van der Waals surface area contributed by atoms with Gasteiger partial charge in [0, 0.05) is 37.8 Å². The third kappa shape index (κ3) is 5.18. The summed E-state index contributed by atoms with van der Waals surface area (Å²) in [5.74, 6) is 0.807. The number of likely N-dealkylation sites (tertiary alicyclic amines) is 1. The van der Waals surface area contributed by atoms with Crippen LogP contribution in [0, 0.1) is 0 Å². The number of ether oxygens (including phenoxy) is 1. The quantitative estimate of drug-likeness (QED) is 0.666. The van der Waals surface area contributed by atoms with E-state index in [-0.39, 0.29) is 12.4 Å². The molecule has 1 fully saturated rings. The SMILES string of the molecule is COc1ccccc1-n1cc(CN2CCC(O)(Cc3ccccc3)CC2)cn1.Cl. The molecule has 0 unspecified atom stereocenters. The molecule has 0 spiro atoms. The fourth-order valence-electron chi connectivity index (χ4n) is 3.93. The number of benzene rings is 2. The molecule has 1 aromatic heterocycles. The van der Waals surface area contributed by atoms with Crippen LogP contribution in [0.5, 0.6) is 5.75 Å². The number of piperidine rings is 1. The van der Waals surface area contributed by atoms with E-state index in [4.69, 9.17) is 4.74 Å². The van der Waals surface area contributed by atoms with E-state index in [0.717, 1.165) is 50.3 Å². The van der Waals surface area contributed by atoms with Crippen molar-refractivity contribution in [1.29, 1.82) is 0 Å². The molecule has 154 valence electrons. The number of halogens is 1. The van der Waals surface area contributed by atoms with Crippen molar-refractivity contribution in [2.24, 2.45) is 0 Å². The fourth-order valence-corrected chi connectivity index (χ4v) is 3.93. The highest BCUT2D eigenvalue weighted by molar-refractivity contribution is 5.85. The van der Waals surface area contributed by atoms with Crippen molar-refractivity contribution in [1.82, 2.24) is 14.7 Å². The lowest BCUT2D eigenvalue weighted by atomic mass is 9.85. The van der Waals surface area contributed by atoms with Gasteiger partial charge in [-0.3, -0.25) is 4.90 Å². The molecule has 1 aliphatic heterocycles. The molecule has 0 saturated carbocycles. The van der Waals surface area contributed by atoms with Crippen LogP contribution in [0.2, 0.25) is 0 Å². The van der Waals surface area contributed by atoms with Crippen molar-refractivity contribution < 1.29 is 9.84 Å². The topological polar surface area (TPSA) is 50.5 Å². The Morgan fingerprint density at radius 3 is 2.41 bits per heavy atom. The smallest absolute Gasteiger partial charge is 0.144 e. The zero-order valence-corrected chi connectivity index (χ0v) is 17.5. The van der Waals surface area contributed by atoms with Crippen LogP contribution in [0.1, 0.15) is 24.0 Å². The number of nitrogens with zero attached hydrogens (tertiary/aromatic N) is 3. The lowest BCUT2D eigenvalue weighted by molar-refractivity contribution is -0.0224. The van der Waals surface area contributed by atoms with Gasteiger partial charge in [0.15, 0.2) is 0 Å². The Labute approximate surface area is 178 Å². The Morgan fingerprint density at radius 2 is 1.69 bits per heavy atom. The van der Waals surface area contributed by atoms with E-state index < -0.39 is 5.60 Å². The predicted octanol–water partition coefficient (Wildman–Crippen LogP) is 3.87. The maximum atomic E-state index is 11.0. The molecule has 5 nitrogen and oxygen atoms in total. The molecule has 6 heteroatoms. The van der Waals surface area contributed by atoms with Gasteiger partial charge in [0.25, 0.3) is 0 Å². The molecular weight excluding hydrogens is 386 g/mol. The molecule has 1 N–H and O–H groups in total. The molecule has 1 aliphatic rings.